The van der Waals surface area contributed by atoms with Gasteiger partial charge in [0.1, 0.15) is 12.4 Å². The van der Waals surface area contributed by atoms with Crippen molar-refractivity contribution in [3.05, 3.63) is 48.0 Å². The van der Waals surface area contributed by atoms with E-state index in [4.69, 9.17) is 9.47 Å². The van der Waals surface area contributed by atoms with Crippen LogP contribution in [0.4, 0.5) is 10.5 Å². The van der Waals surface area contributed by atoms with Gasteiger partial charge >= 0.3 is 6.09 Å². The van der Waals surface area contributed by atoms with Gasteiger partial charge in [-0.25, -0.2) is 4.79 Å². The Labute approximate surface area is 220 Å². The summed E-state index contributed by atoms with van der Waals surface area (Å²) in [5.74, 6) is 1.80. The van der Waals surface area contributed by atoms with Crippen molar-refractivity contribution in [2.45, 2.75) is 71.9 Å². The van der Waals surface area contributed by atoms with Gasteiger partial charge in [-0.15, -0.1) is 0 Å². The van der Waals surface area contributed by atoms with E-state index in [-0.39, 0.29) is 6.10 Å². The molecule has 2 fully saturated rings. The minimum Gasteiger partial charge on any atom is -0.492 e. The number of likely N-dealkylation sites (tertiary alicyclic amines) is 1. The van der Waals surface area contributed by atoms with Gasteiger partial charge in [-0.1, -0.05) is 19.1 Å². The smallest absolute Gasteiger partial charge is 0.411 e. The molecule has 0 unspecified atom stereocenters. The van der Waals surface area contributed by atoms with Gasteiger partial charge in [0.15, 0.2) is 0 Å². The lowest BCUT2D eigenvalue weighted by Crippen LogP contribution is -2.35. The Balaban J connectivity index is 1.37. The lowest BCUT2D eigenvalue weighted by molar-refractivity contribution is 0.130. The molecule has 2 heterocycles. The first-order chi connectivity index (χ1) is 17.9. The average molecular weight is 504 g/mol. The van der Waals surface area contributed by atoms with Gasteiger partial charge in [0.25, 0.3) is 0 Å². The molecule has 0 bridgehead atoms. The highest BCUT2D eigenvalue weighted by Crippen LogP contribution is 2.43. The molecular formula is C31H41N3O3. The third kappa shape index (κ3) is 5.80. The van der Waals surface area contributed by atoms with Gasteiger partial charge in [0, 0.05) is 29.7 Å². The number of fused-ring (bicyclic) bond motifs is 1. The highest BCUT2D eigenvalue weighted by molar-refractivity contribution is 5.93. The molecule has 5 rings (SSSR count). The zero-order valence-corrected chi connectivity index (χ0v) is 22.8. The number of ether oxygens (including phenoxy) is 2. The monoisotopic (exact) mass is 503 g/mol. The maximum atomic E-state index is 12.0. The Morgan fingerprint density at radius 3 is 2.43 bits per heavy atom. The van der Waals surface area contributed by atoms with Gasteiger partial charge in [-0.05, 0) is 107 Å². The number of hydrogen-bond donors (Lipinski definition) is 1. The maximum absolute atomic E-state index is 12.0. The number of nitrogens with one attached hydrogen (secondary N) is 1. The van der Waals surface area contributed by atoms with Crippen LogP contribution in [0.3, 0.4) is 0 Å². The van der Waals surface area contributed by atoms with Crippen molar-refractivity contribution >= 4 is 22.7 Å². The van der Waals surface area contributed by atoms with Crippen molar-refractivity contribution in [1.82, 2.24) is 9.47 Å². The number of aromatic nitrogens is 1. The number of carbonyl (C=O) groups is 1. The van der Waals surface area contributed by atoms with Crippen molar-refractivity contribution in [3.63, 3.8) is 0 Å². The third-order valence-corrected chi connectivity index (χ3v) is 7.97. The fourth-order valence-electron chi connectivity index (χ4n) is 5.58. The second kappa shape index (κ2) is 11.2. The predicted molar refractivity (Wildman–Crippen MR) is 151 cm³/mol. The summed E-state index contributed by atoms with van der Waals surface area (Å²) in [5.41, 5.74) is 5.69. The summed E-state index contributed by atoms with van der Waals surface area (Å²) >= 11 is 0. The largest absolute Gasteiger partial charge is 0.492 e. The number of piperidine rings is 1. The lowest BCUT2D eigenvalue weighted by Gasteiger charge is -2.30. The Hall–Kier alpha value is -2.99. The first-order valence-corrected chi connectivity index (χ1v) is 14.0. The Bertz CT molecular complexity index is 1220. The topological polar surface area (TPSA) is 55.7 Å². The molecule has 1 saturated heterocycles. The summed E-state index contributed by atoms with van der Waals surface area (Å²) in [6.07, 6.45) is 5.69. The van der Waals surface area contributed by atoms with Crippen LogP contribution >= 0.6 is 0 Å². The van der Waals surface area contributed by atoms with E-state index in [1.165, 1.54) is 67.4 Å². The summed E-state index contributed by atoms with van der Waals surface area (Å²) in [4.78, 5) is 14.5. The van der Waals surface area contributed by atoms with Crippen LogP contribution in [0.2, 0.25) is 0 Å². The molecule has 3 aromatic rings. The molecule has 0 atom stereocenters. The van der Waals surface area contributed by atoms with E-state index >= 15 is 0 Å². The first kappa shape index (κ1) is 25.7. The molecule has 37 heavy (non-hydrogen) atoms. The number of amides is 1. The quantitative estimate of drug-likeness (QED) is 0.348. The summed E-state index contributed by atoms with van der Waals surface area (Å²) in [6, 6.07) is 15.2. The standard InChI is InChI=1S/C31H41N3O3/c1-21(2)37-31(35)32-25-10-8-24(9-11-25)30-23(4)28-13-12-27(20-29(28)34(30)26-6-5-7-26)36-19-18-33-16-14-22(3)15-17-33/h8-13,20-22,26H,5-7,14-19H2,1-4H3,(H,32,35). The fourth-order valence-corrected chi connectivity index (χ4v) is 5.58. The second-order valence-corrected chi connectivity index (χ2v) is 11.1. The van der Waals surface area contributed by atoms with Crippen LogP contribution in [0.25, 0.3) is 22.2 Å². The minimum atomic E-state index is -0.426. The van der Waals surface area contributed by atoms with E-state index in [0.29, 0.717) is 6.04 Å². The molecule has 6 nitrogen and oxygen atoms in total. The average Bonchev–Trinajstić information content (AvgIpc) is 3.11. The lowest BCUT2D eigenvalue weighted by atomic mass is 9.92. The van der Waals surface area contributed by atoms with Crippen molar-refractivity contribution in [2.24, 2.45) is 5.92 Å². The van der Waals surface area contributed by atoms with Gasteiger partial charge in [0.05, 0.1) is 17.3 Å². The van der Waals surface area contributed by atoms with Gasteiger partial charge in [-0.2, -0.15) is 0 Å². The Morgan fingerprint density at radius 1 is 1.05 bits per heavy atom. The molecule has 2 aromatic carbocycles. The van der Waals surface area contributed by atoms with E-state index in [2.05, 4.69) is 59.0 Å². The predicted octanol–water partition coefficient (Wildman–Crippen LogP) is 7.41. The molecule has 0 radical (unpaired) electrons. The molecule has 198 valence electrons. The highest BCUT2D eigenvalue weighted by Gasteiger charge is 2.26. The number of anilines is 1. The van der Waals surface area contributed by atoms with Crippen LogP contribution in [-0.4, -0.2) is 47.9 Å². The van der Waals surface area contributed by atoms with Crippen LogP contribution in [0.5, 0.6) is 5.75 Å². The van der Waals surface area contributed by atoms with E-state index < -0.39 is 6.09 Å². The number of benzene rings is 2. The van der Waals surface area contributed by atoms with Crippen molar-refractivity contribution < 1.29 is 14.3 Å². The zero-order valence-electron chi connectivity index (χ0n) is 22.8. The van der Waals surface area contributed by atoms with Crippen LogP contribution in [0, 0.1) is 12.8 Å². The molecule has 1 N–H and O–H groups in total. The molecule has 6 heteroatoms. The maximum Gasteiger partial charge on any atom is 0.411 e. The van der Waals surface area contributed by atoms with Gasteiger partial charge in [-0.3, -0.25) is 10.2 Å². The molecule has 0 spiro atoms. The molecule has 1 aliphatic carbocycles. The van der Waals surface area contributed by atoms with E-state index in [0.717, 1.165) is 36.1 Å². The number of carbonyl (C=O) groups excluding carboxylic acids is 1. The minimum absolute atomic E-state index is 0.150. The van der Waals surface area contributed by atoms with Crippen LogP contribution in [-0.2, 0) is 4.74 Å². The molecule has 2 aliphatic rings. The molecule has 1 aromatic heterocycles. The Morgan fingerprint density at radius 2 is 1.78 bits per heavy atom. The highest BCUT2D eigenvalue weighted by atomic mass is 16.6. The number of nitrogens with zero attached hydrogens (tertiary/aromatic N) is 2. The summed E-state index contributed by atoms with van der Waals surface area (Å²) in [6.45, 7) is 12.3. The molecule has 1 saturated carbocycles. The van der Waals surface area contributed by atoms with Crippen molar-refractivity contribution in [1.29, 1.82) is 0 Å². The summed E-state index contributed by atoms with van der Waals surface area (Å²) < 4.78 is 14.0. The van der Waals surface area contributed by atoms with Gasteiger partial charge in [0.2, 0.25) is 0 Å². The molecular weight excluding hydrogens is 462 g/mol. The summed E-state index contributed by atoms with van der Waals surface area (Å²) in [5, 5.41) is 4.10. The van der Waals surface area contributed by atoms with Gasteiger partial charge < -0.3 is 14.0 Å². The third-order valence-electron chi connectivity index (χ3n) is 7.97. The zero-order chi connectivity index (χ0) is 25.9. The van der Waals surface area contributed by atoms with Crippen LogP contribution < -0.4 is 10.1 Å². The van der Waals surface area contributed by atoms with E-state index in [1.54, 1.807) is 0 Å². The van der Waals surface area contributed by atoms with Crippen LogP contribution in [0.15, 0.2) is 42.5 Å². The number of rotatable bonds is 8. The second-order valence-electron chi connectivity index (χ2n) is 11.1. The first-order valence-electron chi connectivity index (χ1n) is 14.0. The van der Waals surface area contributed by atoms with Crippen molar-refractivity contribution in [3.8, 4) is 17.0 Å². The SMILES string of the molecule is Cc1c(-c2ccc(NC(=O)OC(C)C)cc2)n(C2CCC2)c2cc(OCCN3CCC(C)CC3)ccc12. The molecule has 1 aliphatic heterocycles. The number of hydrogen-bond acceptors (Lipinski definition) is 4. The fraction of sp³-hybridized carbons (Fsp3) is 0.516. The normalized spacial score (nSPS) is 17.2. The Kier molecular flexibility index (Phi) is 7.75. The number of aryl methyl sites for hydroxylation is 1. The van der Waals surface area contributed by atoms with E-state index in [9.17, 15) is 4.79 Å². The van der Waals surface area contributed by atoms with Crippen LogP contribution in [0.1, 0.15) is 64.5 Å². The summed E-state index contributed by atoms with van der Waals surface area (Å²) in [7, 11) is 0. The van der Waals surface area contributed by atoms with Crippen molar-refractivity contribution in [2.75, 3.05) is 31.6 Å². The van der Waals surface area contributed by atoms with E-state index in [1.807, 2.05) is 26.0 Å². The molecule has 1 amide bonds.